The number of nitrogens with zero attached hydrogens (tertiary/aromatic N) is 2. The Morgan fingerprint density at radius 3 is 2.75 bits per heavy atom. The fraction of sp³-hybridized carbons (Fsp3) is 0.500. The lowest BCUT2D eigenvalue weighted by Gasteiger charge is -2.00. The molecule has 8 heteroatoms. The molecule has 0 aliphatic carbocycles. The van der Waals surface area contributed by atoms with Gasteiger partial charge in [-0.2, -0.15) is 0 Å². The van der Waals surface area contributed by atoms with Crippen molar-refractivity contribution in [2.24, 2.45) is 0 Å². The second-order valence-electron chi connectivity index (χ2n) is 2.80. The van der Waals surface area contributed by atoms with E-state index in [1.54, 1.807) is 0 Å². The van der Waals surface area contributed by atoms with Crippen LogP contribution in [0.25, 0.3) is 0 Å². The minimum absolute atomic E-state index is 0.0640. The summed E-state index contributed by atoms with van der Waals surface area (Å²) in [6, 6.07) is 0. The highest BCUT2D eigenvalue weighted by Crippen LogP contribution is 2.14. The van der Waals surface area contributed by atoms with Gasteiger partial charge in [-0.1, -0.05) is 11.3 Å². The number of nitrogens with one attached hydrogen (secondary N) is 3. The van der Waals surface area contributed by atoms with Crippen molar-refractivity contribution in [3.63, 3.8) is 0 Å². The van der Waals surface area contributed by atoms with Crippen LogP contribution in [0.5, 0.6) is 0 Å². The molecule has 0 saturated heterocycles. The predicted octanol–water partition coefficient (Wildman–Crippen LogP) is -0.554. The highest BCUT2D eigenvalue weighted by molar-refractivity contribution is 7.17. The van der Waals surface area contributed by atoms with Crippen LogP contribution in [0, 0.1) is 0 Å². The number of hydrogen-bond acceptors (Lipinski definition) is 6. The first-order valence-corrected chi connectivity index (χ1v) is 5.55. The molecule has 1 rings (SSSR count). The van der Waals surface area contributed by atoms with Gasteiger partial charge in [0.2, 0.25) is 16.0 Å². The van der Waals surface area contributed by atoms with Crippen molar-refractivity contribution in [1.82, 2.24) is 20.8 Å². The van der Waals surface area contributed by atoms with E-state index in [0.29, 0.717) is 11.7 Å². The monoisotopic (exact) mass is 243 g/mol. The molecule has 0 bridgehead atoms. The molecule has 0 aliphatic rings. The fourth-order valence-electron chi connectivity index (χ4n) is 0.862. The van der Waals surface area contributed by atoms with E-state index in [9.17, 15) is 9.59 Å². The van der Waals surface area contributed by atoms with Crippen LogP contribution in [0.2, 0.25) is 0 Å². The van der Waals surface area contributed by atoms with E-state index in [1.165, 1.54) is 7.05 Å². The first kappa shape index (κ1) is 12.4. The minimum atomic E-state index is -0.398. The second-order valence-corrected chi connectivity index (χ2v) is 3.78. The number of carbonyl (C=O) groups is 2. The van der Waals surface area contributed by atoms with Crippen LogP contribution in [-0.4, -0.2) is 42.1 Å². The Bertz CT molecular complexity index is 378. The SMILES string of the molecule is CCNc1nnc(C(=O)NCC(=O)NC)s1. The molecular formula is C8H13N5O2S. The lowest BCUT2D eigenvalue weighted by Crippen LogP contribution is -2.35. The predicted molar refractivity (Wildman–Crippen MR) is 60.5 cm³/mol. The summed E-state index contributed by atoms with van der Waals surface area (Å²) in [7, 11) is 1.50. The zero-order valence-corrected chi connectivity index (χ0v) is 9.85. The highest BCUT2D eigenvalue weighted by Gasteiger charge is 2.12. The average Bonchev–Trinajstić information content (AvgIpc) is 2.74. The lowest BCUT2D eigenvalue weighted by molar-refractivity contribution is -0.119. The van der Waals surface area contributed by atoms with Gasteiger partial charge in [0.1, 0.15) is 0 Å². The summed E-state index contributed by atoms with van der Waals surface area (Å²) < 4.78 is 0. The molecule has 16 heavy (non-hydrogen) atoms. The van der Waals surface area contributed by atoms with Crippen LogP contribution < -0.4 is 16.0 Å². The molecular weight excluding hydrogens is 230 g/mol. The largest absolute Gasteiger partial charge is 0.360 e. The molecule has 0 radical (unpaired) electrons. The van der Waals surface area contributed by atoms with E-state index in [4.69, 9.17) is 0 Å². The first-order chi connectivity index (χ1) is 7.67. The fourth-order valence-corrected chi connectivity index (χ4v) is 1.59. The standard InChI is InChI=1S/C8H13N5O2S/c1-3-10-8-13-12-7(16-8)6(15)11-4-5(14)9-2/h3-4H2,1-2H3,(H,9,14)(H,10,13)(H,11,15). The van der Waals surface area contributed by atoms with Crippen molar-refractivity contribution >= 4 is 28.3 Å². The molecule has 0 saturated carbocycles. The Kier molecular flexibility index (Phi) is 4.65. The zero-order chi connectivity index (χ0) is 12.0. The van der Waals surface area contributed by atoms with Gasteiger partial charge in [0.25, 0.3) is 5.91 Å². The summed E-state index contributed by atoms with van der Waals surface area (Å²) in [6.45, 7) is 2.58. The van der Waals surface area contributed by atoms with Crippen molar-refractivity contribution in [3.8, 4) is 0 Å². The minimum Gasteiger partial charge on any atom is -0.360 e. The van der Waals surface area contributed by atoms with Gasteiger partial charge in [-0.05, 0) is 6.92 Å². The van der Waals surface area contributed by atoms with Crippen LogP contribution in [0.4, 0.5) is 5.13 Å². The van der Waals surface area contributed by atoms with E-state index in [-0.39, 0.29) is 17.5 Å². The summed E-state index contributed by atoms with van der Waals surface area (Å²) >= 11 is 1.15. The third-order valence-corrected chi connectivity index (χ3v) is 2.52. The molecule has 0 unspecified atom stereocenters. The number of carbonyl (C=O) groups excluding carboxylic acids is 2. The van der Waals surface area contributed by atoms with Gasteiger partial charge in [-0.15, -0.1) is 10.2 Å². The second kappa shape index (κ2) is 6.01. The Balaban J connectivity index is 2.49. The molecule has 0 atom stereocenters. The molecule has 7 nitrogen and oxygen atoms in total. The van der Waals surface area contributed by atoms with E-state index in [2.05, 4.69) is 26.1 Å². The summed E-state index contributed by atoms with van der Waals surface area (Å²) in [4.78, 5) is 22.4. The Morgan fingerprint density at radius 1 is 1.38 bits per heavy atom. The summed E-state index contributed by atoms with van der Waals surface area (Å²) in [5.41, 5.74) is 0. The number of likely N-dealkylation sites (N-methyl/N-ethyl adjacent to an activating group) is 1. The third-order valence-electron chi connectivity index (χ3n) is 1.64. The van der Waals surface area contributed by atoms with Crippen LogP contribution in [0.1, 0.15) is 16.7 Å². The summed E-state index contributed by atoms with van der Waals surface area (Å²) in [5, 5.41) is 16.1. The van der Waals surface area contributed by atoms with Crippen LogP contribution in [0.3, 0.4) is 0 Å². The van der Waals surface area contributed by atoms with Crippen molar-refractivity contribution in [1.29, 1.82) is 0 Å². The van der Waals surface area contributed by atoms with Crippen LogP contribution >= 0.6 is 11.3 Å². The molecule has 1 aromatic heterocycles. The van der Waals surface area contributed by atoms with E-state index < -0.39 is 5.91 Å². The first-order valence-electron chi connectivity index (χ1n) is 4.73. The van der Waals surface area contributed by atoms with Gasteiger partial charge in [-0.3, -0.25) is 9.59 Å². The maximum absolute atomic E-state index is 11.5. The third kappa shape index (κ3) is 3.46. The number of anilines is 1. The van der Waals surface area contributed by atoms with Crippen molar-refractivity contribution in [2.75, 3.05) is 25.5 Å². The lowest BCUT2D eigenvalue weighted by atomic mass is 10.5. The molecule has 2 amide bonds. The van der Waals surface area contributed by atoms with Crippen molar-refractivity contribution in [2.45, 2.75) is 6.92 Å². The van der Waals surface area contributed by atoms with Crippen LogP contribution in [-0.2, 0) is 4.79 Å². The smallest absolute Gasteiger partial charge is 0.282 e. The van der Waals surface area contributed by atoms with Gasteiger partial charge < -0.3 is 16.0 Å². The topological polar surface area (TPSA) is 96.0 Å². The maximum atomic E-state index is 11.5. The molecule has 1 aromatic rings. The highest BCUT2D eigenvalue weighted by atomic mass is 32.1. The van der Waals surface area contributed by atoms with Crippen LogP contribution in [0.15, 0.2) is 0 Å². The zero-order valence-electron chi connectivity index (χ0n) is 9.03. The quantitative estimate of drug-likeness (QED) is 0.644. The van der Waals surface area contributed by atoms with Gasteiger partial charge in [0.15, 0.2) is 0 Å². The number of hydrogen-bond donors (Lipinski definition) is 3. The van der Waals surface area contributed by atoms with Gasteiger partial charge >= 0.3 is 0 Å². The Morgan fingerprint density at radius 2 is 2.12 bits per heavy atom. The van der Waals surface area contributed by atoms with Gasteiger partial charge in [-0.25, -0.2) is 0 Å². The molecule has 0 aromatic carbocycles. The van der Waals surface area contributed by atoms with E-state index in [0.717, 1.165) is 11.3 Å². The number of aromatic nitrogens is 2. The van der Waals surface area contributed by atoms with E-state index in [1.807, 2.05) is 6.92 Å². The molecule has 1 heterocycles. The Hall–Kier alpha value is -1.70. The summed E-state index contributed by atoms with van der Waals surface area (Å²) in [6.07, 6.45) is 0. The number of amides is 2. The molecule has 0 spiro atoms. The van der Waals surface area contributed by atoms with E-state index >= 15 is 0 Å². The van der Waals surface area contributed by atoms with Gasteiger partial charge in [0, 0.05) is 13.6 Å². The maximum Gasteiger partial charge on any atom is 0.282 e. The van der Waals surface area contributed by atoms with Crippen molar-refractivity contribution in [3.05, 3.63) is 5.01 Å². The molecule has 0 aliphatic heterocycles. The summed E-state index contributed by atoms with van der Waals surface area (Å²) in [5.74, 6) is -0.657. The molecule has 0 fully saturated rings. The molecule has 3 N–H and O–H groups in total. The number of rotatable bonds is 5. The normalized spacial score (nSPS) is 9.62. The van der Waals surface area contributed by atoms with Gasteiger partial charge in [0.05, 0.1) is 6.54 Å². The Labute approximate surface area is 96.6 Å². The average molecular weight is 243 g/mol. The van der Waals surface area contributed by atoms with Crippen molar-refractivity contribution < 1.29 is 9.59 Å². The molecule has 88 valence electrons.